The van der Waals surface area contributed by atoms with Gasteiger partial charge in [-0.15, -0.1) is 4.79 Å². The smallest absolute Gasteiger partial charge is 0.463 e. The van der Waals surface area contributed by atoms with Gasteiger partial charge in [0, 0.05) is 84.2 Å². The van der Waals surface area contributed by atoms with Gasteiger partial charge < -0.3 is 9.47 Å². The first kappa shape index (κ1) is 48.6. The van der Waals surface area contributed by atoms with E-state index in [9.17, 15) is 26.4 Å². The number of hydrogen-bond donors (Lipinski definition) is 2. The molecule has 0 saturated heterocycles. The summed E-state index contributed by atoms with van der Waals surface area (Å²) in [6.45, 7) is 19.5. The average Bonchev–Trinajstić information content (AvgIpc) is 3.44. The minimum atomic E-state index is -3.88. The van der Waals surface area contributed by atoms with Crippen LogP contribution < -0.4 is 9.44 Å². The third-order valence-electron chi connectivity index (χ3n) is 9.00. The van der Waals surface area contributed by atoms with E-state index in [4.69, 9.17) is 23.2 Å². The molecule has 356 valence electrons. The second-order valence-corrected chi connectivity index (χ2v) is 17.7. The van der Waals surface area contributed by atoms with Crippen molar-refractivity contribution < 1.29 is 47.8 Å². The molecule has 66 heavy (non-hydrogen) atoms. The molecule has 6 aromatic rings. The van der Waals surface area contributed by atoms with Crippen LogP contribution in [0.2, 0.25) is 0 Å². The molecule has 16 heteroatoms. The van der Waals surface area contributed by atoms with Crippen molar-refractivity contribution in [3.63, 3.8) is 0 Å². The molecule has 0 atom stereocenters. The fourth-order valence-corrected chi connectivity index (χ4v) is 8.13. The lowest BCUT2D eigenvalue weighted by Gasteiger charge is -2.42. The minimum Gasteiger partial charge on any atom is -0.463 e. The first-order chi connectivity index (χ1) is 35.4. The molecule has 0 saturated carbocycles. The van der Waals surface area contributed by atoms with Gasteiger partial charge in [0.2, 0.25) is 26.1 Å². The summed E-state index contributed by atoms with van der Waals surface area (Å²) < 4.78 is 105. The highest BCUT2D eigenvalue weighted by Crippen LogP contribution is 2.26. The van der Waals surface area contributed by atoms with Crippen molar-refractivity contribution in [2.45, 2.75) is 76.3 Å². The fraction of sp³-hybridized carbons (Fsp3) is 0.240. The Hall–Kier alpha value is -6.81. The van der Waals surface area contributed by atoms with E-state index in [-0.39, 0.29) is 15.8 Å². The number of nitrogens with one attached hydrogen (secondary N) is 2. The third kappa shape index (κ3) is 19.1. The Morgan fingerprint density at radius 3 is 1.39 bits per heavy atom. The summed E-state index contributed by atoms with van der Waals surface area (Å²) in [4.78, 5) is 37.0. The van der Waals surface area contributed by atoms with Gasteiger partial charge in [0.1, 0.15) is 16.4 Å². The Morgan fingerprint density at radius 1 is 0.591 bits per heavy atom. The van der Waals surface area contributed by atoms with Crippen molar-refractivity contribution in [2.24, 2.45) is 0 Å². The van der Waals surface area contributed by atoms with Crippen molar-refractivity contribution >= 4 is 38.1 Å². The van der Waals surface area contributed by atoms with E-state index in [2.05, 4.69) is 52.3 Å². The molecule has 4 aromatic heterocycles. The zero-order valence-electron chi connectivity index (χ0n) is 46.5. The monoisotopic (exact) mass is 960 g/mol. The summed E-state index contributed by atoms with van der Waals surface area (Å²) in [6.07, 6.45) is 16.7. The Kier molecular flexibility index (Phi) is 20.8. The molecule has 2 aromatic carbocycles. The second kappa shape index (κ2) is 28.2. The number of sulfonamides is 2. The number of esters is 2. The van der Waals surface area contributed by atoms with Crippen LogP contribution in [0.15, 0.2) is 175 Å². The van der Waals surface area contributed by atoms with E-state index in [1.54, 1.807) is 60.0 Å². The van der Waals surface area contributed by atoms with E-state index in [1.807, 2.05) is 86.9 Å². The largest absolute Gasteiger partial charge is 0.484 e. The highest BCUT2D eigenvalue weighted by atomic mass is 32.2. The fourth-order valence-electron chi connectivity index (χ4n) is 5.12. The van der Waals surface area contributed by atoms with Gasteiger partial charge in [-0.2, -0.15) is 0 Å². The van der Waals surface area contributed by atoms with Gasteiger partial charge in [-0.1, -0.05) is 74.5 Å². The number of pyridine rings is 4. The van der Waals surface area contributed by atoms with E-state index < -0.39 is 37.1 Å². The topological polar surface area (TPSA) is 196 Å². The molecule has 0 bridgehead atoms. The number of carbonyl (C=O) groups excluding carboxylic acids is 2. The van der Waals surface area contributed by atoms with Gasteiger partial charge >= 0.3 is 11.9 Å². The quantitative estimate of drug-likeness (QED) is 0.0597. The maximum atomic E-state index is 12.6. The molecule has 0 aliphatic heterocycles. The van der Waals surface area contributed by atoms with Crippen molar-refractivity contribution in [1.29, 1.82) is 0 Å². The lowest BCUT2D eigenvalue weighted by Crippen LogP contribution is -2.65. The summed E-state index contributed by atoms with van der Waals surface area (Å²) in [6, 6.07) is 31.9. The molecule has 0 unspecified atom stereocenters. The molecule has 6 rings (SSSR count). The normalized spacial score (nSPS) is 11.5. The second-order valence-electron chi connectivity index (χ2n) is 14.3. The molecule has 0 aliphatic carbocycles. The minimum absolute atomic E-state index is 0.000934. The van der Waals surface area contributed by atoms with Crippen molar-refractivity contribution in [3.05, 3.63) is 177 Å². The zero-order valence-corrected chi connectivity index (χ0v) is 40.2. The average molecular weight is 960 g/mol. The summed E-state index contributed by atoms with van der Waals surface area (Å²) >= 11 is 0. The number of rotatable bonds is 14. The molecule has 0 radical (unpaired) electrons. The van der Waals surface area contributed by atoms with Crippen LogP contribution in [0, 0.1) is 6.58 Å². The van der Waals surface area contributed by atoms with E-state index in [0.29, 0.717) is 13.2 Å². The maximum absolute atomic E-state index is 12.6. The van der Waals surface area contributed by atoms with E-state index in [1.165, 1.54) is 60.7 Å². The van der Waals surface area contributed by atoms with Crippen LogP contribution in [0.25, 0.3) is 28.3 Å². The van der Waals surface area contributed by atoms with Gasteiger partial charge in [0.15, 0.2) is 0 Å². The summed E-state index contributed by atoms with van der Waals surface area (Å²) in [5, 5.41) is 0. The van der Waals surface area contributed by atoms with Crippen LogP contribution in [0.4, 0.5) is 0 Å². The molecular weight excluding hydrogens is 877 g/mol. The first-order valence-electron chi connectivity index (χ1n) is 24.8. The Balaban J connectivity index is -0.000000919. The Bertz CT molecular complexity index is 2520. The van der Waals surface area contributed by atoms with Crippen LogP contribution in [-0.2, 0) is 39.1 Å². The van der Waals surface area contributed by atoms with Crippen LogP contribution >= 0.6 is 0 Å². The van der Waals surface area contributed by atoms with Crippen LogP contribution in [0.3, 0.4) is 0 Å². The summed E-state index contributed by atoms with van der Waals surface area (Å²) in [5.74, 6) is -0.795. The van der Waals surface area contributed by atoms with Crippen molar-refractivity contribution in [3.8, 4) is 22.3 Å². The number of aromatic nitrogens is 4. The van der Waals surface area contributed by atoms with Gasteiger partial charge in [-0.25, -0.2) is 31.1 Å². The van der Waals surface area contributed by atoms with Gasteiger partial charge in [-0.05, 0) is 112 Å². The highest BCUT2D eigenvalue weighted by molar-refractivity contribution is 7.90. The van der Waals surface area contributed by atoms with Crippen LogP contribution in [0.1, 0.15) is 72.8 Å². The van der Waals surface area contributed by atoms with E-state index in [0.717, 1.165) is 28.3 Å². The maximum Gasteiger partial charge on any atom is 0.484 e. The molecule has 14 nitrogen and oxygen atoms in total. The zero-order chi connectivity index (χ0) is 57.1. The Labute approximate surface area is 402 Å². The lowest BCUT2D eigenvalue weighted by atomic mass is 9.85. The number of ether oxygens (including phenoxy) is 2. The predicted molar refractivity (Wildman–Crippen MR) is 268 cm³/mol. The summed E-state index contributed by atoms with van der Waals surface area (Å²) in [5.41, 5.74) is 3.14. The van der Waals surface area contributed by atoms with Gasteiger partial charge in [0.05, 0.1) is 13.2 Å². The molecular formula is C50H67N6O8S2+. The number of benzene rings is 2. The predicted octanol–water partition coefficient (Wildman–Crippen LogP) is 9.91. The standard InChI is InChI=1S/C16H22N4O4S2.C16H15NO2.C11H9N.C5H7O2.C2H6.4H2/c1-15(2,19-25(21,22)13-7-5-9-17-11-13)16(3,4)20-26(23,24)14-8-6-10-18-12-14;1-2-19-16(18)9-8-13-5-3-6-14(11-13)15-7-4-10-17-12-15;1-2-5-10(6-3-1)11-7-4-8-12-9-11;1-3-5(6)7-4-2;1-2;;;;/h5-12,19-20H,1-4H3;3-12H,2H2,1H3;1-9H;1,3H,4H2,2H3;1-2H3;4*1H/q;;;+1;;;;;/b;9-8+;;;;;;;/i;;;;;4*1+2T. The third-order valence-corrected chi connectivity index (χ3v) is 12.3. The first-order valence-corrected chi connectivity index (χ1v) is 23.8. The van der Waals surface area contributed by atoms with Crippen molar-refractivity contribution in [2.75, 3.05) is 13.2 Å². The SMILES string of the molecule is CC.CC(C)(NS(=O)(=O)c1cccnc1)C(C)(C)NS(=O)(=O)c1cccnc1.CCOC(=O)/C=C/c1cccc(-c2cccnc2)c1.[3H][3H].[3H][3H].[3H][3H].[3H][3H].[CH+]=CC(=O)OCC.c1ccc(-c2cccnc2)cc1. The Morgan fingerprint density at radius 2 is 1.00 bits per heavy atom. The van der Waals surface area contributed by atoms with E-state index >= 15 is 0 Å². The highest BCUT2D eigenvalue weighted by Gasteiger charge is 2.43. The summed E-state index contributed by atoms with van der Waals surface area (Å²) in [7, 11) is -7.76. The van der Waals surface area contributed by atoms with Crippen LogP contribution in [-0.4, -0.2) is 73.0 Å². The molecule has 2 N–H and O–H groups in total. The molecule has 0 fully saturated rings. The van der Waals surface area contributed by atoms with Gasteiger partial charge in [0.25, 0.3) is 0 Å². The van der Waals surface area contributed by atoms with Crippen LogP contribution in [0.5, 0.6) is 0 Å². The van der Waals surface area contributed by atoms with Crippen molar-refractivity contribution in [1.82, 2.24) is 29.4 Å². The molecule has 4 heterocycles. The molecule has 0 aliphatic rings. The van der Waals surface area contributed by atoms with Gasteiger partial charge in [-0.3, -0.25) is 19.9 Å². The number of nitrogens with zero attached hydrogens (tertiary/aromatic N) is 4. The molecule has 0 spiro atoms. The number of carbonyl (C=O) groups is 2. The lowest BCUT2D eigenvalue weighted by molar-refractivity contribution is -0.138. The number of hydrogen-bond acceptors (Lipinski definition) is 12. The molecule has 0 amide bonds.